The Balaban J connectivity index is 2.81. The van der Waals surface area contributed by atoms with Crippen LogP contribution in [0.3, 0.4) is 0 Å². The maximum absolute atomic E-state index is 11.6. The van der Waals surface area contributed by atoms with Crippen molar-refractivity contribution < 1.29 is 9.59 Å². The standard InChI is InChI=1S/C12H16O2/c1-4-5-6-7-10-11(13)8(2)9(3)12(10)14/h7H,4-6H2,1-3H3. The van der Waals surface area contributed by atoms with Gasteiger partial charge in [-0.05, 0) is 20.3 Å². The molecular formula is C12H16O2. The molecule has 0 N–H and O–H groups in total. The van der Waals surface area contributed by atoms with E-state index in [0.29, 0.717) is 16.7 Å². The molecule has 0 heterocycles. The summed E-state index contributed by atoms with van der Waals surface area (Å²) in [5.41, 5.74) is 1.60. The fourth-order valence-electron chi connectivity index (χ4n) is 1.48. The molecule has 0 bridgehead atoms. The number of unbranched alkanes of at least 4 members (excludes halogenated alkanes) is 2. The second kappa shape index (κ2) is 4.36. The van der Waals surface area contributed by atoms with E-state index in [0.717, 1.165) is 19.3 Å². The van der Waals surface area contributed by atoms with Crippen LogP contribution >= 0.6 is 0 Å². The lowest BCUT2D eigenvalue weighted by molar-refractivity contribution is -0.115. The Bertz CT molecular complexity index is 306. The van der Waals surface area contributed by atoms with Crippen LogP contribution in [-0.4, -0.2) is 11.6 Å². The van der Waals surface area contributed by atoms with Crippen LogP contribution in [0, 0.1) is 0 Å². The van der Waals surface area contributed by atoms with Crippen LogP contribution in [0.5, 0.6) is 0 Å². The van der Waals surface area contributed by atoms with E-state index in [2.05, 4.69) is 6.92 Å². The molecule has 0 aliphatic heterocycles. The van der Waals surface area contributed by atoms with Gasteiger partial charge in [0, 0.05) is 11.1 Å². The summed E-state index contributed by atoms with van der Waals surface area (Å²) in [5, 5.41) is 0. The molecule has 1 aliphatic carbocycles. The minimum Gasteiger partial charge on any atom is -0.289 e. The Labute approximate surface area is 84.7 Å². The van der Waals surface area contributed by atoms with Crippen molar-refractivity contribution in [3.8, 4) is 0 Å². The van der Waals surface area contributed by atoms with Gasteiger partial charge in [-0.2, -0.15) is 0 Å². The average Bonchev–Trinajstić information content (AvgIpc) is 2.35. The highest BCUT2D eigenvalue weighted by atomic mass is 16.2. The highest BCUT2D eigenvalue weighted by molar-refractivity contribution is 6.37. The molecule has 76 valence electrons. The predicted molar refractivity (Wildman–Crippen MR) is 56.0 cm³/mol. The quantitative estimate of drug-likeness (QED) is 0.391. The van der Waals surface area contributed by atoms with Crippen LogP contribution in [0.4, 0.5) is 0 Å². The molecule has 0 atom stereocenters. The Morgan fingerprint density at radius 3 is 2.00 bits per heavy atom. The zero-order valence-corrected chi connectivity index (χ0v) is 9.02. The van der Waals surface area contributed by atoms with E-state index in [4.69, 9.17) is 0 Å². The van der Waals surface area contributed by atoms with Crippen LogP contribution in [0.2, 0.25) is 0 Å². The second-order valence-corrected chi connectivity index (χ2v) is 3.67. The maximum atomic E-state index is 11.6. The molecule has 1 aliphatic rings. The van der Waals surface area contributed by atoms with Crippen molar-refractivity contribution in [2.24, 2.45) is 0 Å². The number of carbonyl (C=O) groups excluding carboxylic acids is 2. The molecule has 0 fully saturated rings. The Morgan fingerprint density at radius 1 is 1.07 bits per heavy atom. The Hall–Kier alpha value is -1.18. The molecule has 2 nitrogen and oxygen atoms in total. The second-order valence-electron chi connectivity index (χ2n) is 3.67. The molecule has 0 unspecified atom stereocenters. The predicted octanol–water partition coefficient (Wildman–Crippen LogP) is 2.59. The van der Waals surface area contributed by atoms with Gasteiger partial charge in [0.05, 0.1) is 5.57 Å². The largest absolute Gasteiger partial charge is 0.289 e. The van der Waals surface area contributed by atoms with Gasteiger partial charge in [0.15, 0.2) is 11.6 Å². The van der Waals surface area contributed by atoms with Crippen LogP contribution < -0.4 is 0 Å². The van der Waals surface area contributed by atoms with Crippen molar-refractivity contribution in [3.63, 3.8) is 0 Å². The minimum absolute atomic E-state index is 0.0800. The van der Waals surface area contributed by atoms with Gasteiger partial charge >= 0.3 is 0 Å². The van der Waals surface area contributed by atoms with Crippen molar-refractivity contribution in [2.75, 3.05) is 0 Å². The van der Waals surface area contributed by atoms with Crippen molar-refractivity contribution in [2.45, 2.75) is 40.0 Å². The van der Waals surface area contributed by atoms with Crippen LogP contribution in [0.15, 0.2) is 22.8 Å². The van der Waals surface area contributed by atoms with Gasteiger partial charge in [-0.3, -0.25) is 9.59 Å². The van der Waals surface area contributed by atoms with Crippen molar-refractivity contribution in [1.82, 2.24) is 0 Å². The van der Waals surface area contributed by atoms with E-state index < -0.39 is 0 Å². The fourth-order valence-corrected chi connectivity index (χ4v) is 1.48. The van der Waals surface area contributed by atoms with Gasteiger partial charge in [0.2, 0.25) is 0 Å². The first kappa shape index (κ1) is 10.9. The van der Waals surface area contributed by atoms with E-state index in [9.17, 15) is 9.59 Å². The molecule has 0 saturated heterocycles. The SMILES string of the molecule is CCCCC=C1C(=O)C(C)=C(C)C1=O. The van der Waals surface area contributed by atoms with E-state index in [-0.39, 0.29) is 11.6 Å². The zero-order valence-electron chi connectivity index (χ0n) is 9.02. The van der Waals surface area contributed by atoms with Crippen molar-refractivity contribution in [1.29, 1.82) is 0 Å². The van der Waals surface area contributed by atoms with Gasteiger partial charge in [0.25, 0.3) is 0 Å². The summed E-state index contributed by atoms with van der Waals surface area (Å²) in [4.78, 5) is 23.1. The number of Topliss-reactive ketones (excluding diaryl/α,β-unsaturated/α-hetero) is 2. The number of hydrogen-bond donors (Lipinski definition) is 0. The van der Waals surface area contributed by atoms with Gasteiger partial charge in [-0.25, -0.2) is 0 Å². The summed E-state index contributed by atoms with van der Waals surface area (Å²) in [6.07, 6.45) is 4.72. The molecule has 2 heteroatoms. The fraction of sp³-hybridized carbons (Fsp3) is 0.500. The summed E-state index contributed by atoms with van der Waals surface area (Å²) < 4.78 is 0. The molecule has 0 aromatic heterocycles. The summed E-state index contributed by atoms with van der Waals surface area (Å²) in [7, 11) is 0. The average molecular weight is 192 g/mol. The number of carbonyl (C=O) groups is 2. The third-order valence-corrected chi connectivity index (χ3v) is 2.64. The molecule has 0 aromatic rings. The van der Waals surface area contributed by atoms with E-state index in [1.807, 2.05) is 0 Å². The van der Waals surface area contributed by atoms with Gasteiger partial charge in [-0.1, -0.05) is 25.8 Å². The van der Waals surface area contributed by atoms with Crippen molar-refractivity contribution in [3.05, 3.63) is 22.8 Å². The number of allylic oxidation sites excluding steroid dienone is 4. The Kier molecular flexibility index (Phi) is 3.39. The van der Waals surface area contributed by atoms with Crippen molar-refractivity contribution >= 4 is 11.6 Å². The third-order valence-electron chi connectivity index (χ3n) is 2.64. The maximum Gasteiger partial charge on any atom is 0.192 e. The normalized spacial score (nSPS) is 16.9. The molecule has 0 spiro atoms. The lowest BCUT2D eigenvalue weighted by Crippen LogP contribution is -2.03. The summed E-state index contributed by atoms with van der Waals surface area (Å²) in [5.74, 6) is -0.160. The first-order chi connectivity index (χ1) is 6.59. The smallest absolute Gasteiger partial charge is 0.192 e. The third kappa shape index (κ3) is 1.84. The minimum atomic E-state index is -0.0800. The van der Waals surface area contributed by atoms with Crippen LogP contribution in [0.25, 0.3) is 0 Å². The van der Waals surface area contributed by atoms with E-state index >= 15 is 0 Å². The van der Waals surface area contributed by atoms with Gasteiger partial charge in [0.1, 0.15) is 0 Å². The molecule has 0 aromatic carbocycles. The topological polar surface area (TPSA) is 34.1 Å². The Morgan fingerprint density at radius 2 is 1.57 bits per heavy atom. The summed E-state index contributed by atoms with van der Waals surface area (Å²) in [6, 6.07) is 0. The highest BCUT2D eigenvalue weighted by Gasteiger charge is 2.29. The molecule has 0 amide bonds. The molecular weight excluding hydrogens is 176 g/mol. The first-order valence-corrected chi connectivity index (χ1v) is 5.06. The summed E-state index contributed by atoms with van der Waals surface area (Å²) >= 11 is 0. The zero-order chi connectivity index (χ0) is 10.7. The molecule has 1 rings (SSSR count). The van der Waals surface area contributed by atoms with Gasteiger partial charge < -0.3 is 0 Å². The lowest BCUT2D eigenvalue weighted by Gasteiger charge is -1.94. The highest BCUT2D eigenvalue weighted by Crippen LogP contribution is 2.24. The van der Waals surface area contributed by atoms with E-state index in [1.165, 1.54) is 0 Å². The summed E-state index contributed by atoms with van der Waals surface area (Å²) in [6.45, 7) is 5.53. The van der Waals surface area contributed by atoms with Gasteiger partial charge in [-0.15, -0.1) is 0 Å². The first-order valence-electron chi connectivity index (χ1n) is 5.06. The van der Waals surface area contributed by atoms with E-state index in [1.54, 1.807) is 19.9 Å². The molecule has 0 radical (unpaired) electrons. The van der Waals surface area contributed by atoms with Crippen LogP contribution in [-0.2, 0) is 9.59 Å². The number of hydrogen-bond acceptors (Lipinski definition) is 2. The number of ketones is 2. The molecule has 0 saturated carbocycles. The number of rotatable bonds is 3. The molecule has 14 heavy (non-hydrogen) atoms. The monoisotopic (exact) mass is 192 g/mol. The lowest BCUT2D eigenvalue weighted by atomic mass is 10.1. The van der Waals surface area contributed by atoms with Crippen LogP contribution in [0.1, 0.15) is 40.0 Å².